The number of nitrogens with one attached hydrogen (secondary N) is 1. The smallest absolute Gasteiger partial charge is 0.336 e. The lowest BCUT2D eigenvalue weighted by atomic mass is 9.80. The van der Waals surface area contributed by atoms with Crippen molar-refractivity contribution in [3.8, 4) is 5.75 Å². The van der Waals surface area contributed by atoms with Crippen LogP contribution in [0.3, 0.4) is 0 Å². The Labute approximate surface area is 202 Å². The number of esters is 1. The Kier molecular flexibility index (Phi) is 5.72. The number of carbonyl (C=O) groups is 2. The van der Waals surface area contributed by atoms with Crippen molar-refractivity contribution < 1.29 is 19.1 Å². The number of fused-ring (bicyclic) bond motifs is 2. The number of methoxy groups -OCH3 is 1. The first-order valence-electron chi connectivity index (χ1n) is 10.9. The number of carbonyl (C=O) groups excluding carboxylic acids is 2. The second-order valence-corrected chi connectivity index (χ2v) is 8.61. The van der Waals surface area contributed by atoms with Crippen LogP contribution in [0.1, 0.15) is 39.9 Å². The lowest BCUT2D eigenvalue weighted by molar-refractivity contribution is -0.136. The minimum atomic E-state index is -0.554. The molecule has 6 heteroatoms. The molecule has 34 heavy (non-hydrogen) atoms. The SMILES string of the molecule is COC(=O)C1=C(C)NC2=C(C(=O)c3ccccc32)[C@H]1c1ccc(OCc2ccccc2Cl)cc1. The third-order valence-corrected chi connectivity index (χ3v) is 6.59. The molecule has 0 aromatic heterocycles. The van der Waals surface area contributed by atoms with Crippen molar-refractivity contribution in [2.45, 2.75) is 19.4 Å². The van der Waals surface area contributed by atoms with Gasteiger partial charge in [-0.25, -0.2) is 4.79 Å². The predicted octanol–water partition coefficient (Wildman–Crippen LogP) is 5.66. The number of ketones is 1. The summed E-state index contributed by atoms with van der Waals surface area (Å²) in [6.45, 7) is 2.16. The van der Waals surface area contributed by atoms with Gasteiger partial charge >= 0.3 is 5.97 Å². The molecule has 0 bridgehead atoms. The van der Waals surface area contributed by atoms with Crippen LogP contribution >= 0.6 is 11.6 Å². The third-order valence-electron chi connectivity index (χ3n) is 6.22. The van der Waals surface area contributed by atoms with E-state index in [-0.39, 0.29) is 5.78 Å². The molecule has 5 rings (SSSR count). The molecule has 1 aliphatic carbocycles. The molecule has 0 saturated heterocycles. The molecule has 1 atom stereocenters. The normalized spacial score (nSPS) is 16.7. The third kappa shape index (κ3) is 3.68. The summed E-state index contributed by atoms with van der Waals surface area (Å²) < 4.78 is 11.0. The van der Waals surface area contributed by atoms with E-state index in [9.17, 15) is 9.59 Å². The summed E-state index contributed by atoms with van der Waals surface area (Å²) >= 11 is 6.22. The molecule has 0 radical (unpaired) electrons. The minimum absolute atomic E-state index is 0.0870. The zero-order chi connectivity index (χ0) is 23.8. The highest BCUT2D eigenvalue weighted by molar-refractivity contribution is 6.31. The van der Waals surface area contributed by atoms with E-state index in [1.54, 1.807) is 0 Å². The molecule has 5 nitrogen and oxygen atoms in total. The summed E-state index contributed by atoms with van der Waals surface area (Å²) in [5, 5.41) is 3.93. The summed E-state index contributed by atoms with van der Waals surface area (Å²) in [5.41, 5.74) is 5.55. The average molecular weight is 472 g/mol. The minimum Gasteiger partial charge on any atom is -0.489 e. The quantitative estimate of drug-likeness (QED) is 0.486. The second kappa shape index (κ2) is 8.84. The first-order chi connectivity index (χ1) is 16.5. The van der Waals surface area contributed by atoms with Crippen LogP contribution in [0.4, 0.5) is 0 Å². The van der Waals surface area contributed by atoms with Crippen LogP contribution in [-0.2, 0) is 16.1 Å². The molecular formula is C28H22ClNO4. The van der Waals surface area contributed by atoms with Gasteiger partial charge in [-0.05, 0) is 30.7 Å². The maximum Gasteiger partial charge on any atom is 0.336 e. The Bertz CT molecular complexity index is 1370. The maximum atomic E-state index is 13.4. The molecule has 0 spiro atoms. The summed E-state index contributed by atoms with van der Waals surface area (Å²) in [7, 11) is 1.35. The van der Waals surface area contributed by atoms with Crippen molar-refractivity contribution in [2.24, 2.45) is 0 Å². The number of rotatable bonds is 5. The van der Waals surface area contributed by atoms with Crippen molar-refractivity contribution in [3.63, 3.8) is 0 Å². The van der Waals surface area contributed by atoms with Gasteiger partial charge in [0.25, 0.3) is 0 Å². The van der Waals surface area contributed by atoms with Gasteiger partial charge in [0.15, 0.2) is 5.78 Å². The van der Waals surface area contributed by atoms with Gasteiger partial charge in [0.1, 0.15) is 12.4 Å². The first kappa shape index (κ1) is 22.0. The second-order valence-electron chi connectivity index (χ2n) is 8.20. The summed E-state index contributed by atoms with van der Waals surface area (Å²) in [6.07, 6.45) is 0. The van der Waals surface area contributed by atoms with Crippen LogP contribution < -0.4 is 10.1 Å². The van der Waals surface area contributed by atoms with Crippen molar-refractivity contribution in [2.75, 3.05) is 7.11 Å². The molecule has 1 N–H and O–H groups in total. The molecule has 0 unspecified atom stereocenters. The molecule has 0 saturated carbocycles. The molecule has 3 aromatic carbocycles. The van der Waals surface area contributed by atoms with E-state index in [1.807, 2.05) is 79.7 Å². The molecule has 3 aromatic rings. The van der Waals surface area contributed by atoms with Gasteiger partial charge in [-0.15, -0.1) is 0 Å². The molecule has 2 aliphatic rings. The number of hydrogen-bond donors (Lipinski definition) is 1. The Balaban J connectivity index is 1.51. The standard InChI is InChI=1S/C28H22ClNO4/c1-16-23(28(32)33-2)24(25-26(30-16)20-8-4-5-9-21(20)27(25)31)17-11-13-19(14-12-17)34-15-18-7-3-6-10-22(18)29/h3-14,24,30H,15H2,1-2H3/t24-/m0/s1. The van der Waals surface area contributed by atoms with Crippen LogP contribution in [0.25, 0.3) is 5.70 Å². The zero-order valence-corrected chi connectivity index (χ0v) is 19.5. The van der Waals surface area contributed by atoms with Crippen molar-refractivity contribution in [1.82, 2.24) is 5.32 Å². The first-order valence-corrected chi connectivity index (χ1v) is 11.3. The van der Waals surface area contributed by atoms with Crippen LogP contribution in [0.2, 0.25) is 5.02 Å². The van der Waals surface area contributed by atoms with Crippen LogP contribution in [0.5, 0.6) is 5.75 Å². The highest BCUT2D eigenvalue weighted by atomic mass is 35.5. The molecule has 1 heterocycles. The van der Waals surface area contributed by atoms with Gasteiger partial charge in [0, 0.05) is 38.9 Å². The lowest BCUT2D eigenvalue weighted by Gasteiger charge is -2.29. The summed E-state index contributed by atoms with van der Waals surface area (Å²) in [6, 6.07) is 22.4. The Hall–Kier alpha value is -3.83. The van der Waals surface area contributed by atoms with E-state index in [4.69, 9.17) is 21.1 Å². The van der Waals surface area contributed by atoms with Crippen molar-refractivity contribution in [3.05, 3.63) is 117 Å². The number of hydrogen-bond acceptors (Lipinski definition) is 5. The molecule has 170 valence electrons. The fourth-order valence-electron chi connectivity index (χ4n) is 4.58. The van der Waals surface area contributed by atoms with Gasteiger partial charge in [-0.3, -0.25) is 4.79 Å². The van der Waals surface area contributed by atoms with Gasteiger partial charge in [0.2, 0.25) is 0 Å². The van der Waals surface area contributed by atoms with E-state index < -0.39 is 11.9 Å². The fourth-order valence-corrected chi connectivity index (χ4v) is 4.77. The number of Topliss-reactive ketones (excluding diaryl/α,β-unsaturated/α-hetero) is 1. The van der Waals surface area contributed by atoms with Gasteiger partial charge in [0.05, 0.1) is 18.4 Å². The van der Waals surface area contributed by atoms with E-state index >= 15 is 0 Å². The average Bonchev–Trinajstić information content (AvgIpc) is 3.14. The predicted molar refractivity (Wildman–Crippen MR) is 131 cm³/mol. The topological polar surface area (TPSA) is 64.6 Å². The van der Waals surface area contributed by atoms with E-state index in [0.717, 1.165) is 22.4 Å². The van der Waals surface area contributed by atoms with Crippen molar-refractivity contribution in [1.29, 1.82) is 0 Å². The van der Waals surface area contributed by atoms with Gasteiger partial charge in [-0.1, -0.05) is 66.2 Å². The van der Waals surface area contributed by atoms with Crippen molar-refractivity contribution >= 4 is 29.1 Å². The molecular weight excluding hydrogens is 450 g/mol. The highest BCUT2D eigenvalue weighted by Gasteiger charge is 2.42. The van der Waals surface area contributed by atoms with Crippen LogP contribution in [0.15, 0.2) is 89.6 Å². The molecule has 0 fully saturated rings. The van der Waals surface area contributed by atoms with E-state index in [1.165, 1.54) is 7.11 Å². The largest absolute Gasteiger partial charge is 0.489 e. The zero-order valence-electron chi connectivity index (χ0n) is 18.7. The fraction of sp³-hybridized carbons (Fsp3) is 0.143. The van der Waals surface area contributed by atoms with Gasteiger partial charge in [-0.2, -0.15) is 0 Å². The number of halogens is 1. The van der Waals surface area contributed by atoms with Crippen LogP contribution in [0, 0.1) is 0 Å². The highest BCUT2D eigenvalue weighted by Crippen LogP contribution is 2.46. The lowest BCUT2D eigenvalue weighted by Crippen LogP contribution is -2.29. The molecule has 0 amide bonds. The number of ether oxygens (including phenoxy) is 2. The number of benzene rings is 3. The van der Waals surface area contributed by atoms with Gasteiger partial charge < -0.3 is 14.8 Å². The monoisotopic (exact) mass is 471 g/mol. The number of allylic oxidation sites excluding steroid dienone is 2. The maximum absolute atomic E-state index is 13.4. The summed E-state index contributed by atoms with van der Waals surface area (Å²) in [5.74, 6) is -0.449. The van der Waals surface area contributed by atoms with E-state index in [0.29, 0.717) is 39.8 Å². The molecule has 1 aliphatic heterocycles. The number of dihydropyridines is 1. The van der Waals surface area contributed by atoms with Crippen LogP contribution in [-0.4, -0.2) is 18.9 Å². The Morgan fingerprint density at radius 3 is 2.35 bits per heavy atom. The summed E-state index contributed by atoms with van der Waals surface area (Å²) in [4.78, 5) is 26.2. The Morgan fingerprint density at radius 2 is 1.65 bits per heavy atom. The van der Waals surface area contributed by atoms with E-state index in [2.05, 4.69) is 5.32 Å². The Morgan fingerprint density at radius 1 is 0.971 bits per heavy atom.